The van der Waals surface area contributed by atoms with Crippen molar-refractivity contribution in [2.45, 2.75) is 157 Å². The summed E-state index contributed by atoms with van der Waals surface area (Å²) >= 11 is 0. The molecule has 2 aromatic heterocycles. The van der Waals surface area contributed by atoms with E-state index >= 15 is 0 Å². The summed E-state index contributed by atoms with van der Waals surface area (Å²) in [5.74, 6) is 1.82. The van der Waals surface area contributed by atoms with Gasteiger partial charge in [-0.15, -0.1) is 0 Å². The zero-order valence-electron chi connectivity index (χ0n) is 57.4. The van der Waals surface area contributed by atoms with Gasteiger partial charge in [-0.3, -0.25) is 4.57 Å². The van der Waals surface area contributed by atoms with E-state index < -0.39 is 22.6 Å². The maximum atomic E-state index is 10.1. The molecule has 0 N–H and O–H groups in total. The van der Waals surface area contributed by atoms with Crippen LogP contribution in [0.4, 0.5) is 22.7 Å². The minimum atomic E-state index is -1.95. The highest BCUT2D eigenvalue weighted by atomic mass is 16.5. The molecule has 0 fully saturated rings. The smallest absolute Gasteiger partial charge is 0.137 e. The van der Waals surface area contributed by atoms with Gasteiger partial charge in [-0.1, -0.05) is 226 Å². The fourth-order valence-corrected chi connectivity index (χ4v) is 12.8. The van der Waals surface area contributed by atoms with Crippen molar-refractivity contribution in [3.8, 4) is 50.7 Å². The number of rotatable bonds is 9. The third kappa shape index (κ3) is 10.5. The first-order valence-electron chi connectivity index (χ1n) is 32.7. The van der Waals surface area contributed by atoms with Crippen LogP contribution in [0.15, 0.2) is 182 Å². The summed E-state index contributed by atoms with van der Waals surface area (Å²) in [5.41, 5.74) is 15.4. The molecule has 1 aliphatic heterocycles. The quantitative estimate of drug-likeness (QED) is 0.144. The van der Waals surface area contributed by atoms with E-state index in [2.05, 4.69) is 244 Å². The summed E-state index contributed by atoms with van der Waals surface area (Å²) in [6, 6.07) is 56.5. The maximum Gasteiger partial charge on any atom is 0.137 e. The largest absolute Gasteiger partial charge is 0.457 e. The van der Waals surface area contributed by atoms with Crippen molar-refractivity contribution in [2.75, 3.05) is 16.5 Å². The van der Waals surface area contributed by atoms with Gasteiger partial charge >= 0.3 is 0 Å². The lowest BCUT2D eigenvalue weighted by Gasteiger charge is -2.43. The minimum absolute atomic E-state index is 0.0339. The Morgan fingerprint density at radius 2 is 1.08 bits per heavy atom. The van der Waals surface area contributed by atoms with E-state index in [1.165, 1.54) is 22.3 Å². The molecule has 0 bridgehead atoms. The van der Waals surface area contributed by atoms with Crippen molar-refractivity contribution in [2.24, 2.45) is 5.41 Å². The average Bonchev–Trinajstić information content (AvgIpc) is 1.14. The van der Waals surface area contributed by atoms with Crippen LogP contribution in [-0.2, 0) is 33.4 Å². The summed E-state index contributed by atoms with van der Waals surface area (Å²) in [5, 5.41) is 2.02. The standard InChI is InChI=1S/C79H86N4O/c1-74(2,3)48-53-44-71(80-49-65(53)64-32-23-33-66-72(64)79(15,16)41-40-78(66,13)14)83-69-45-56(77(10,11)12)36-38-62(69)63-39-37-59(47-70(63)83)84-58-29-21-28-57(46-58)81-50-82(68-35-18-17-34-67(68)81)73-60(51-24-19-26-54(42-51)75(4,5)6)30-22-31-61(73)52-25-20-27-55(43-52)76(7,8)9/h17-39,42-47,49H,40-41,48,50H2,1-16H3/i23D,32D,33D,48D2. The number of pyridine rings is 1. The summed E-state index contributed by atoms with van der Waals surface area (Å²) in [6.07, 6.45) is 1.44. The molecular weight excluding hydrogens is 1020 g/mol. The molecule has 3 heterocycles. The van der Waals surface area contributed by atoms with Gasteiger partial charge in [0.15, 0.2) is 0 Å². The fraction of sp³-hybridized carbons (Fsp3) is 0.329. The van der Waals surface area contributed by atoms with E-state index in [9.17, 15) is 6.85 Å². The van der Waals surface area contributed by atoms with Crippen molar-refractivity contribution in [1.29, 1.82) is 0 Å². The first-order chi connectivity index (χ1) is 41.7. The van der Waals surface area contributed by atoms with E-state index in [0.717, 1.165) is 85.2 Å². The van der Waals surface area contributed by atoms with Crippen molar-refractivity contribution in [1.82, 2.24) is 9.55 Å². The average molecular weight is 1110 g/mol. The van der Waals surface area contributed by atoms with Crippen LogP contribution in [0, 0.1) is 5.41 Å². The van der Waals surface area contributed by atoms with E-state index in [1.54, 1.807) is 6.20 Å². The van der Waals surface area contributed by atoms with Gasteiger partial charge in [-0.2, -0.15) is 0 Å². The van der Waals surface area contributed by atoms with Gasteiger partial charge in [0.2, 0.25) is 0 Å². The Morgan fingerprint density at radius 1 is 0.524 bits per heavy atom. The van der Waals surface area contributed by atoms with Gasteiger partial charge in [0, 0.05) is 54.2 Å². The zero-order chi connectivity index (χ0) is 63.9. The van der Waals surface area contributed by atoms with Gasteiger partial charge in [0.1, 0.15) is 24.0 Å². The number of hydrogen-bond donors (Lipinski definition) is 0. The molecule has 428 valence electrons. The molecule has 2 aliphatic rings. The molecular formula is C79H86N4O. The number of hydrogen-bond acceptors (Lipinski definition) is 4. The summed E-state index contributed by atoms with van der Waals surface area (Å²) in [7, 11) is 0. The first kappa shape index (κ1) is 50.6. The molecule has 0 saturated carbocycles. The van der Waals surface area contributed by atoms with Crippen LogP contribution in [0.1, 0.15) is 164 Å². The van der Waals surface area contributed by atoms with Crippen LogP contribution in [-0.4, -0.2) is 16.2 Å². The topological polar surface area (TPSA) is 33.5 Å². The molecule has 0 amide bonds. The fourth-order valence-electron chi connectivity index (χ4n) is 12.8. The zero-order valence-corrected chi connectivity index (χ0v) is 52.4. The van der Waals surface area contributed by atoms with Crippen LogP contribution in [0.25, 0.3) is 61.0 Å². The van der Waals surface area contributed by atoms with E-state index in [0.29, 0.717) is 40.7 Å². The highest BCUT2D eigenvalue weighted by molar-refractivity contribution is 6.10. The molecule has 5 nitrogen and oxygen atoms in total. The Labute approximate surface area is 508 Å². The Morgan fingerprint density at radius 3 is 1.71 bits per heavy atom. The summed E-state index contributed by atoms with van der Waals surface area (Å²) < 4.78 is 57.6. The Bertz CT molecular complexity index is 4390. The third-order valence-corrected chi connectivity index (χ3v) is 17.6. The Balaban J connectivity index is 0.984. The third-order valence-electron chi connectivity index (χ3n) is 17.6. The van der Waals surface area contributed by atoms with Crippen LogP contribution >= 0.6 is 0 Å². The molecule has 0 atom stereocenters. The number of nitrogens with zero attached hydrogens (tertiary/aromatic N) is 4. The Kier molecular flexibility index (Phi) is 12.3. The van der Waals surface area contributed by atoms with Gasteiger partial charge in [-0.05, 0) is 150 Å². The van der Waals surface area contributed by atoms with E-state index in [-0.39, 0.29) is 34.4 Å². The molecule has 0 saturated heterocycles. The van der Waals surface area contributed by atoms with Crippen LogP contribution in [0.3, 0.4) is 0 Å². The predicted molar refractivity (Wildman–Crippen MR) is 358 cm³/mol. The first-order valence-corrected chi connectivity index (χ1v) is 30.2. The molecule has 10 aromatic rings. The molecule has 12 rings (SSSR count). The molecule has 1 aliphatic carbocycles. The highest BCUT2D eigenvalue weighted by Crippen LogP contribution is 2.53. The minimum Gasteiger partial charge on any atom is -0.457 e. The van der Waals surface area contributed by atoms with E-state index in [4.69, 9.17) is 9.72 Å². The number of anilines is 4. The highest BCUT2D eigenvalue weighted by Gasteiger charge is 2.39. The lowest BCUT2D eigenvalue weighted by molar-refractivity contribution is 0.332. The number of fused-ring (bicyclic) bond motifs is 5. The molecule has 84 heavy (non-hydrogen) atoms. The molecule has 5 heteroatoms. The van der Waals surface area contributed by atoms with Crippen molar-refractivity contribution in [3.63, 3.8) is 0 Å². The monoisotopic (exact) mass is 1110 g/mol. The summed E-state index contributed by atoms with van der Waals surface area (Å²) in [6.45, 7) is 35.1. The van der Waals surface area contributed by atoms with Crippen LogP contribution < -0.4 is 14.5 Å². The summed E-state index contributed by atoms with van der Waals surface area (Å²) in [4.78, 5) is 10.2. The molecule has 0 radical (unpaired) electrons. The van der Waals surface area contributed by atoms with Gasteiger partial charge < -0.3 is 14.5 Å². The van der Waals surface area contributed by atoms with Gasteiger partial charge in [0.05, 0.1) is 32.2 Å². The van der Waals surface area contributed by atoms with Crippen molar-refractivity contribution >= 4 is 44.6 Å². The molecule has 8 aromatic carbocycles. The van der Waals surface area contributed by atoms with Crippen LogP contribution in [0.2, 0.25) is 0 Å². The lowest BCUT2D eigenvalue weighted by Crippen LogP contribution is -2.34. The van der Waals surface area contributed by atoms with E-state index in [1.807, 2.05) is 39.0 Å². The van der Waals surface area contributed by atoms with Crippen molar-refractivity contribution in [3.05, 3.63) is 215 Å². The predicted octanol–water partition coefficient (Wildman–Crippen LogP) is 22.0. The number of aromatic nitrogens is 2. The second-order valence-corrected chi connectivity index (χ2v) is 29.2. The maximum absolute atomic E-state index is 10.1. The van der Waals surface area contributed by atoms with Gasteiger partial charge in [0.25, 0.3) is 0 Å². The molecule has 0 spiro atoms. The second kappa shape index (κ2) is 20.4. The number of para-hydroxylation sites is 3. The van der Waals surface area contributed by atoms with Gasteiger partial charge in [-0.25, -0.2) is 4.98 Å². The lowest BCUT2D eigenvalue weighted by atomic mass is 9.61. The number of ether oxygens (including phenoxy) is 1. The van der Waals surface area contributed by atoms with Crippen LogP contribution in [0.5, 0.6) is 11.5 Å². The molecule has 0 unspecified atom stereocenters. The second-order valence-electron chi connectivity index (χ2n) is 29.2. The normalized spacial score (nSPS) is 16.2. The SMILES string of the molecule is [2H]c1c([2H])c(-c2cnc(-n3c4cc(Oc5cccc(N6CN(c7c(-c8cccc(C(C)(C)C)c8)cccc7-c7cccc(C(C)(C)C)c7)c7ccccc76)c5)ccc4c4ccc(C(C)(C)C)cc43)cc2C([2H])([2H])C(C)(C)C)c2c(c1[2H])C(C)(C)CCC2(C)C. The van der Waals surface area contributed by atoms with Crippen molar-refractivity contribution < 1.29 is 11.6 Å². The Hall–Kier alpha value is -7.89. The number of benzene rings is 8.